The lowest BCUT2D eigenvalue weighted by atomic mass is 10.2. The Bertz CT molecular complexity index is 736. The van der Waals surface area contributed by atoms with Gasteiger partial charge in [0, 0.05) is 18.0 Å². The predicted molar refractivity (Wildman–Crippen MR) is 105 cm³/mol. The molecule has 1 aromatic carbocycles. The van der Waals surface area contributed by atoms with Gasteiger partial charge in [-0.3, -0.25) is 9.78 Å². The smallest absolute Gasteiger partial charge is 0.271 e. The number of hydrazone groups is 1. The highest BCUT2D eigenvalue weighted by molar-refractivity contribution is 14.1. The van der Waals surface area contributed by atoms with Crippen molar-refractivity contribution in [1.82, 2.24) is 10.4 Å². The Morgan fingerprint density at radius 1 is 1.28 bits per heavy atom. The van der Waals surface area contributed by atoms with Gasteiger partial charge >= 0.3 is 0 Å². The van der Waals surface area contributed by atoms with Crippen molar-refractivity contribution in [3.05, 3.63) is 51.4 Å². The summed E-state index contributed by atoms with van der Waals surface area (Å²) in [6, 6.07) is 7.02. The van der Waals surface area contributed by atoms with Gasteiger partial charge in [0.15, 0.2) is 11.5 Å². The first-order valence-corrected chi connectivity index (χ1v) is 9.06. The van der Waals surface area contributed by atoms with Crippen LogP contribution in [0, 0.1) is 3.57 Å². The van der Waals surface area contributed by atoms with Gasteiger partial charge in [-0.05, 0) is 65.8 Å². The summed E-state index contributed by atoms with van der Waals surface area (Å²) in [5.74, 6) is 1.12. The van der Waals surface area contributed by atoms with Crippen LogP contribution in [0.25, 0.3) is 0 Å². The average molecular weight is 453 g/mol. The van der Waals surface area contributed by atoms with Crippen molar-refractivity contribution in [2.45, 2.75) is 20.3 Å². The van der Waals surface area contributed by atoms with E-state index in [-0.39, 0.29) is 5.91 Å². The molecule has 1 N–H and O–H groups in total. The first-order chi connectivity index (χ1) is 12.2. The minimum Gasteiger partial charge on any atom is -0.490 e. The number of rotatable bonds is 8. The van der Waals surface area contributed by atoms with E-state index in [1.807, 2.05) is 19.1 Å². The van der Waals surface area contributed by atoms with E-state index < -0.39 is 0 Å². The second kappa shape index (κ2) is 9.97. The van der Waals surface area contributed by atoms with Gasteiger partial charge in [-0.1, -0.05) is 6.92 Å². The third kappa shape index (κ3) is 5.70. The zero-order valence-electron chi connectivity index (χ0n) is 14.2. The Kier molecular flexibility index (Phi) is 7.65. The molecule has 0 saturated heterocycles. The summed E-state index contributed by atoms with van der Waals surface area (Å²) in [7, 11) is 0. The molecule has 0 radical (unpaired) electrons. The lowest BCUT2D eigenvalue weighted by Gasteiger charge is -2.14. The number of benzene rings is 1. The summed E-state index contributed by atoms with van der Waals surface area (Å²) in [5.41, 5.74) is 3.81. The van der Waals surface area contributed by atoms with E-state index in [0.717, 1.165) is 21.3 Å². The van der Waals surface area contributed by atoms with E-state index in [4.69, 9.17) is 9.47 Å². The van der Waals surface area contributed by atoms with E-state index in [1.165, 1.54) is 0 Å². The SMILES string of the molecule is CCCOc1c(I)cc(/C=N/NC(=O)c2ccncc2)cc1OCC. The zero-order valence-corrected chi connectivity index (χ0v) is 16.3. The van der Waals surface area contributed by atoms with Gasteiger partial charge in [-0.15, -0.1) is 0 Å². The van der Waals surface area contributed by atoms with Crippen molar-refractivity contribution < 1.29 is 14.3 Å². The summed E-state index contributed by atoms with van der Waals surface area (Å²) in [6.07, 6.45) is 5.62. The lowest BCUT2D eigenvalue weighted by molar-refractivity contribution is 0.0955. The predicted octanol–water partition coefficient (Wildman–Crippen LogP) is 3.64. The second-order valence-electron chi connectivity index (χ2n) is 5.05. The Balaban J connectivity index is 2.12. The molecule has 0 bridgehead atoms. The number of halogens is 1. The van der Waals surface area contributed by atoms with Crippen LogP contribution >= 0.6 is 22.6 Å². The number of hydrogen-bond acceptors (Lipinski definition) is 5. The molecule has 7 heteroatoms. The van der Waals surface area contributed by atoms with Crippen LogP contribution in [0.15, 0.2) is 41.8 Å². The largest absolute Gasteiger partial charge is 0.490 e. The normalized spacial score (nSPS) is 10.7. The fraction of sp³-hybridized carbons (Fsp3) is 0.278. The molecule has 2 aromatic rings. The third-order valence-corrected chi connectivity index (χ3v) is 3.91. The highest BCUT2D eigenvalue weighted by Gasteiger charge is 2.11. The molecule has 132 valence electrons. The first-order valence-electron chi connectivity index (χ1n) is 7.98. The van der Waals surface area contributed by atoms with Gasteiger partial charge in [0.2, 0.25) is 0 Å². The summed E-state index contributed by atoms with van der Waals surface area (Å²) < 4.78 is 12.4. The van der Waals surface area contributed by atoms with Gasteiger partial charge in [-0.25, -0.2) is 5.43 Å². The van der Waals surface area contributed by atoms with Crippen molar-refractivity contribution >= 4 is 34.7 Å². The molecule has 0 aliphatic carbocycles. The maximum Gasteiger partial charge on any atom is 0.271 e. The molecule has 0 fully saturated rings. The van der Waals surface area contributed by atoms with Crippen molar-refractivity contribution in [3.63, 3.8) is 0 Å². The Hall–Kier alpha value is -2.16. The number of hydrogen-bond donors (Lipinski definition) is 1. The van der Waals surface area contributed by atoms with Crippen molar-refractivity contribution in [2.75, 3.05) is 13.2 Å². The number of amides is 1. The highest BCUT2D eigenvalue weighted by atomic mass is 127. The number of pyridine rings is 1. The monoisotopic (exact) mass is 453 g/mol. The summed E-state index contributed by atoms with van der Waals surface area (Å²) >= 11 is 2.20. The molecule has 0 unspecified atom stereocenters. The lowest BCUT2D eigenvalue weighted by Crippen LogP contribution is -2.17. The minimum atomic E-state index is -0.290. The van der Waals surface area contributed by atoms with E-state index in [0.29, 0.717) is 24.5 Å². The number of nitrogens with one attached hydrogen (secondary N) is 1. The standard InChI is InChI=1S/C18H20IN3O3/c1-3-9-25-17-15(19)10-13(11-16(17)24-4-2)12-21-22-18(23)14-5-7-20-8-6-14/h5-8,10-12H,3-4,9H2,1-2H3,(H,22,23)/b21-12+. The van der Waals surface area contributed by atoms with Crippen molar-refractivity contribution in [3.8, 4) is 11.5 Å². The molecule has 1 amide bonds. The van der Waals surface area contributed by atoms with Crippen LogP contribution in [0.4, 0.5) is 0 Å². The fourth-order valence-electron chi connectivity index (χ4n) is 2.00. The Morgan fingerprint density at radius 3 is 2.72 bits per heavy atom. The molecular weight excluding hydrogens is 433 g/mol. The molecule has 25 heavy (non-hydrogen) atoms. The van der Waals surface area contributed by atoms with Crippen LogP contribution in [-0.2, 0) is 0 Å². The maximum absolute atomic E-state index is 11.9. The molecule has 6 nitrogen and oxygen atoms in total. The van der Waals surface area contributed by atoms with Gasteiger partial charge < -0.3 is 9.47 Å². The van der Waals surface area contributed by atoms with Crippen LogP contribution < -0.4 is 14.9 Å². The Morgan fingerprint density at radius 2 is 2.04 bits per heavy atom. The molecule has 2 rings (SSSR count). The fourth-order valence-corrected chi connectivity index (χ4v) is 2.78. The van der Waals surface area contributed by atoms with Crippen LogP contribution in [0.2, 0.25) is 0 Å². The average Bonchev–Trinajstić information content (AvgIpc) is 2.62. The van der Waals surface area contributed by atoms with E-state index in [2.05, 4.69) is 45.0 Å². The van der Waals surface area contributed by atoms with Crippen molar-refractivity contribution in [1.29, 1.82) is 0 Å². The van der Waals surface area contributed by atoms with Crippen molar-refractivity contribution in [2.24, 2.45) is 5.10 Å². The van der Waals surface area contributed by atoms with Crippen LogP contribution in [-0.4, -0.2) is 30.3 Å². The molecule has 0 aliphatic rings. The zero-order chi connectivity index (χ0) is 18.1. The quantitative estimate of drug-likeness (QED) is 0.377. The number of nitrogens with zero attached hydrogens (tertiary/aromatic N) is 2. The van der Waals surface area contributed by atoms with Gasteiger partial charge in [-0.2, -0.15) is 5.10 Å². The van der Waals surface area contributed by atoms with Gasteiger partial charge in [0.25, 0.3) is 5.91 Å². The minimum absolute atomic E-state index is 0.290. The van der Waals surface area contributed by atoms with E-state index in [1.54, 1.807) is 30.7 Å². The maximum atomic E-state index is 11.9. The van der Waals surface area contributed by atoms with Gasteiger partial charge in [0.1, 0.15) is 0 Å². The molecule has 0 saturated carbocycles. The molecule has 0 aliphatic heterocycles. The van der Waals surface area contributed by atoms with Crippen LogP contribution in [0.5, 0.6) is 11.5 Å². The molecule has 0 atom stereocenters. The molecule has 1 aromatic heterocycles. The van der Waals surface area contributed by atoms with Crippen LogP contribution in [0.1, 0.15) is 36.2 Å². The van der Waals surface area contributed by atoms with Crippen LogP contribution in [0.3, 0.4) is 0 Å². The molecular formula is C18H20IN3O3. The summed E-state index contributed by atoms with van der Waals surface area (Å²) in [4.78, 5) is 15.8. The number of aromatic nitrogens is 1. The van der Waals surface area contributed by atoms with Gasteiger partial charge in [0.05, 0.1) is 23.0 Å². The second-order valence-corrected chi connectivity index (χ2v) is 6.21. The van der Waals surface area contributed by atoms with E-state index in [9.17, 15) is 4.79 Å². The number of carbonyl (C=O) groups is 1. The summed E-state index contributed by atoms with van der Waals surface area (Å²) in [5, 5.41) is 4.01. The molecule has 1 heterocycles. The molecule has 0 spiro atoms. The summed E-state index contributed by atoms with van der Waals surface area (Å²) in [6.45, 7) is 5.15. The Labute approximate surface area is 160 Å². The first kappa shape index (κ1) is 19.2. The topological polar surface area (TPSA) is 72.8 Å². The number of carbonyl (C=O) groups excluding carboxylic acids is 1. The van der Waals surface area contributed by atoms with E-state index >= 15 is 0 Å². The highest BCUT2D eigenvalue weighted by Crippen LogP contribution is 2.34. The number of ether oxygens (including phenoxy) is 2. The third-order valence-electron chi connectivity index (χ3n) is 3.10.